The number of nitrogens with zero attached hydrogens (tertiary/aromatic N) is 2. The highest BCUT2D eigenvalue weighted by Crippen LogP contribution is 2.46. The molecule has 0 radical (unpaired) electrons. The zero-order chi connectivity index (χ0) is 30.7. The Morgan fingerprint density at radius 1 is 1.02 bits per heavy atom. The highest BCUT2D eigenvalue weighted by molar-refractivity contribution is 7.93. The van der Waals surface area contributed by atoms with Crippen LogP contribution in [0, 0.1) is 5.41 Å². The van der Waals surface area contributed by atoms with Crippen molar-refractivity contribution in [3.8, 4) is 27.4 Å². The Morgan fingerprint density at radius 3 is 2.65 bits per heavy atom. The van der Waals surface area contributed by atoms with Crippen LogP contribution in [0.15, 0.2) is 71.8 Å². The quantitative estimate of drug-likeness (QED) is 0.236. The predicted molar refractivity (Wildman–Crippen MR) is 168 cm³/mol. The summed E-state index contributed by atoms with van der Waals surface area (Å²) in [4.78, 5) is 9.41. The van der Waals surface area contributed by atoms with E-state index in [1.807, 2.05) is 24.3 Å². The van der Waals surface area contributed by atoms with E-state index in [9.17, 15) is 8.42 Å². The van der Waals surface area contributed by atoms with Gasteiger partial charge >= 0.3 is 0 Å². The van der Waals surface area contributed by atoms with Crippen molar-refractivity contribution in [1.82, 2.24) is 9.97 Å². The molecule has 4 bridgehead atoms. The molecule has 4 aromatic rings. The summed E-state index contributed by atoms with van der Waals surface area (Å²) in [6, 6.07) is 16.6. The average Bonchev–Trinajstić information content (AvgIpc) is 3.37. The Morgan fingerprint density at radius 2 is 1.84 bits per heavy atom. The largest absolute Gasteiger partial charge is 0.494 e. The minimum atomic E-state index is -4.05. The number of alkyl halides is 2. The normalized spacial score (nSPS) is 16.7. The summed E-state index contributed by atoms with van der Waals surface area (Å²) >= 11 is 1.09. The molecular weight excluding hydrogens is 591 g/mol. The van der Waals surface area contributed by atoms with Crippen molar-refractivity contribution in [2.24, 2.45) is 5.41 Å². The Kier molecular flexibility index (Phi) is 9.03. The zero-order valence-electron chi connectivity index (χ0n) is 24.5. The van der Waals surface area contributed by atoms with Gasteiger partial charge in [0.1, 0.15) is 11.6 Å². The van der Waals surface area contributed by atoms with Crippen LogP contribution < -0.4 is 14.8 Å². The number of fused-ring (bicyclic) bond motifs is 6. The number of anilines is 2. The van der Waals surface area contributed by atoms with Crippen LogP contribution in [0.4, 0.5) is 19.7 Å². The van der Waals surface area contributed by atoms with E-state index in [0.29, 0.717) is 54.4 Å². The molecule has 43 heavy (non-hydrogen) atoms. The molecule has 0 saturated heterocycles. The van der Waals surface area contributed by atoms with E-state index in [0.717, 1.165) is 17.8 Å². The molecule has 2 N–H and O–H groups in total. The Labute approximate surface area is 255 Å². The van der Waals surface area contributed by atoms with Crippen molar-refractivity contribution >= 4 is 32.3 Å². The van der Waals surface area contributed by atoms with Gasteiger partial charge < -0.3 is 10.1 Å². The third-order valence-corrected chi connectivity index (χ3v) is 9.64. The Balaban J connectivity index is 1.62. The number of pyridine rings is 1. The smallest absolute Gasteiger partial charge is 0.273 e. The van der Waals surface area contributed by atoms with Crippen LogP contribution in [0.2, 0.25) is 0 Å². The maximum Gasteiger partial charge on any atom is 0.273 e. The van der Waals surface area contributed by atoms with Gasteiger partial charge in [0.05, 0.1) is 22.1 Å². The number of thiazole rings is 1. The van der Waals surface area contributed by atoms with Crippen LogP contribution >= 0.6 is 11.3 Å². The molecule has 0 aliphatic carbocycles. The van der Waals surface area contributed by atoms with E-state index in [-0.39, 0.29) is 38.7 Å². The van der Waals surface area contributed by atoms with Crippen LogP contribution in [0.3, 0.4) is 0 Å². The first kappa shape index (κ1) is 30.9. The zero-order valence-corrected chi connectivity index (χ0v) is 26.1. The van der Waals surface area contributed by atoms with Gasteiger partial charge in [-0.1, -0.05) is 74.9 Å². The average molecular weight is 627 g/mol. The fourth-order valence-electron chi connectivity index (χ4n) is 4.80. The van der Waals surface area contributed by atoms with Crippen molar-refractivity contribution in [3.05, 3.63) is 72.4 Å². The Hall–Kier alpha value is -3.57. The molecular formula is C32H36F2N4O3S2. The molecule has 0 atom stereocenters. The van der Waals surface area contributed by atoms with E-state index in [1.54, 1.807) is 18.2 Å². The van der Waals surface area contributed by atoms with Gasteiger partial charge in [-0.25, -0.2) is 27.2 Å². The first-order chi connectivity index (χ1) is 20.4. The number of ether oxygens (including phenoxy) is 1. The van der Waals surface area contributed by atoms with Gasteiger partial charge in [0, 0.05) is 36.4 Å². The maximum absolute atomic E-state index is 15.8. The fourth-order valence-corrected chi connectivity index (χ4v) is 7.02. The molecule has 11 heteroatoms. The maximum atomic E-state index is 15.8. The summed E-state index contributed by atoms with van der Waals surface area (Å²) in [5.41, 5.74) is 1.21. The second-order valence-electron chi connectivity index (χ2n) is 11.9. The van der Waals surface area contributed by atoms with Gasteiger partial charge in [-0.15, -0.1) is 0 Å². The molecule has 5 rings (SSSR count). The molecule has 1 aliphatic rings. The van der Waals surface area contributed by atoms with Crippen LogP contribution in [0.25, 0.3) is 21.7 Å². The SMILES string of the molecule is CC(C)(C)CCOc1cccc(-c2sc3nc2-c2ccccc2C(F)(F)CCCCCNc2cc(ccn2)S(=O)(=O)N3)c1. The number of aromatic nitrogens is 2. The minimum Gasteiger partial charge on any atom is -0.494 e. The first-order valence-corrected chi connectivity index (χ1v) is 16.7. The topological polar surface area (TPSA) is 93.2 Å². The molecule has 1 aliphatic heterocycles. The third kappa shape index (κ3) is 7.69. The highest BCUT2D eigenvalue weighted by Gasteiger charge is 2.35. The predicted octanol–water partition coefficient (Wildman–Crippen LogP) is 8.57. The van der Waals surface area contributed by atoms with E-state index in [4.69, 9.17) is 4.74 Å². The lowest BCUT2D eigenvalue weighted by Crippen LogP contribution is -2.15. The first-order valence-electron chi connectivity index (χ1n) is 14.4. The van der Waals surface area contributed by atoms with Crippen molar-refractivity contribution < 1.29 is 21.9 Å². The van der Waals surface area contributed by atoms with Crippen LogP contribution in [-0.4, -0.2) is 31.5 Å². The van der Waals surface area contributed by atoms with Gasteiger partial charge in [0.25, 0.3) is 15.9 Å². The fraction of sp³-hybridized carbons (Fsp3) is 0.375. The second-order valence-corrected chi connectivity index (χ2v) is 14.5. The van der Waals surface area contributed by atoms with Crippen molar-refractivity contribution in [3.63, 3.8) is 0 Å². The summed E-state index contributed by atoms with van der Waals surface area (Å²) in [5, 5.41) is 3.16. The van der Waals surface area contributed by atoms with Crippen molar-refractivity contribution in [2.75, 3.05) is 23.2 Å². The monoisotopic (exact) mass is 626 g/mol. The van der Waals surface area contributed by atoms with Gasteiger partial charge in [-0.3, -0.25) is 4.72 Å². The molecule has 2 aromatic heterocycles. The molecule has 0 spiro atoms. The molecule has 2 aromatic carbocycles. The van der Waals surface area contributed by atoms with E-state index in [2.05, 4.69) is 40.8 Å². The lowest BCUT2D eigenvalue weighted by Gasteiger charge is -2.20. The molecule has 0 unspecified atom stereocenters. The van der Waals surface area contributed by atoms with E-state index >= 15 is 8.78 Å². The third-order valence-electron chi connectivity index (χ3n) is 7.16. The summed E-state index contributed by atoms with van der Waals surface area (Å²) in [7, 11) is -4.05. The van der Waals surface area contributed by atoms with Crippen molar-refractivity contribution in [2.45, 2.75) is 63.7 Å². The molecule has 0 saturated carbocycles. The number of benzene rings is 2. The lowest BCUT2D eigenvalue weighted by atomic mass is 9.93. The number of rotatable bonds is 4. The van der Waals surface area contributed by atoms with E-state index in [1.165, 1.54) is 24.4 Å². The standard InChI is InChI=1S/C32H36F2N4O3S2/c1-31(2,3)16-19-41-23-11-9-10-22(20-23)29-28-25-12-5-6-13-26(25)32(33,34)15-7-4-8-17-35-27-21-24(14-18-36-27)43(39,40)38-30(37-28)42-29/h5-6,9-14,18,20-21H,4,7-8,15-17,19H2,1-3H3,(H,35,36)(H,37,38). The van der Waals surface area contributed by atoms with Gasteiger partial charge in [-0.05, 0) is 48.4 Å². The number of halogens is 2. The van der Waals surface area contributed by atoms with Gasteiger partial charge in [0.2, 0.25) is 0 Å². The highest BCUT2D eigenvalue weighted by atomic mass is 32.2. The molecule has 7 nitrogen and oxygen atoms in total. The van der Waals surface area contributed by atoms with Crippen LogP contribution in [0.5, 0.6) is 5.75 Å². The Bertz CT molecular complexity index is 1680. The summed E-state index contributed by atoms with van der Waals surface area (Å²) in [6.07, 6.45) is 3.51. The van der Waals surface area contributed by atoms with Gasteiger partial charge in [0.15, 0.2) is 5.13 Å². The number of nitrogens with one attached hydrogen (secondary N) is 2. The van der Waals surface area contributed by atoms with E-state index < -0.39 is 15.9 Å². The molecule has 3 heterocycles. The van der Waals surface area contributed by atoms with Gasteiger partial charge in [-0.2, -0.15) is 0 Å². The summed E-state index contributed by atoms with van der Waals surface area (Å²) in [6.45, 7) is 7.43. The molecule has 0 fully saturated rings. The minimum absolute atomic E-state index is 0.0220. The molecule has 0 amide bonds. The second kappa shape index (κ2) is 12.6. The van der Waals surface area contributed by atoms with Crippen molar-refractivity contribution in [1.29, 1.82) is 0 Å². The number of hydrogen-bond donors (Lipinski definition) is 2. The summed E-state index contributed by atoms with van der Waals surface area (Å²) < 4.78 is 67.0. The lowest BCUT2D eigenvalue weighted by molar-refractivity contribution is -0.0151. The van der Waals surface area contributed by atoms with Crippen LogP contribution in [0.1, 0.15) is 58.4 Å². The van der Waals surface area contributed by atoms with Crippen LogP contribution in [-0.2, 0) is 15.9 Å². The number of sulfonamides is 1. The number of hydrogen-bond acceptors (Lipinski definition) is 7. The molecule has 228 valence electrons. The summed E-state index contributed by atoms with van der Waals surface area (Å²) in [5.74, 6) is -2.08.